The molecule has 1 N–H and O–H groups in total. The van der Waals surface area contributed by atoms with Crippen molar-refractivity contribution in [3.63, 3.8) is 0 Å². The number of anilines is 1. The first-order valence-electron chi connectivity index (χ1n) is 9.49. The number of hydrogen-bond acceptors (Lipinski definition) is 9. The molecule has 0 aromatic heterocycles. The molecule has 4 rings (SSSR count). The summed E-state index contributed by atoms with van der Waals surface area (Å²) in [4.78, 5) is 23.6. The van der Waals surface area contributed by atoms with Gasteiger partial charge in [-0.3, -0.25) is 14.9 Å². The van der Waals surface area contributed by atoms with Gasteiger partial charge in [0.05, 0.1) is 18.1 Å². The summed E-state index contributed by atoms with van der Waals surface area (Å²) in [6, 6.07) is 7.47. The van der Waals surface area contributed by atoms with Gasteiger partial charge in [-0.25, -0.2) is 0 Å². The van der Waals surface area contributed by atoms with Gasteiger partial charge in [-0.15, -0.1) is 0 Å². The fourth-order valence-electron chi connectivity index (χ4n) is 3.21. The van der Waals surface area contributed by atoms with E-state index in [0.29, 0.717) is 36.0 Å². The van der Waals surface area contributed by atoms with Gasteiger partial charge < -0.3 is 29.0 Å². The summed E-state index contributed by atoms with van der Waals surface area (Å²) in [5.41, 5.74) is -0.339. The number of carbonyl (C=O) groups is 1. The van der Waals surface area contributed by atoms with Crippen molar-refractivity contribution in [3.8, 4) is 34.8 Å². The van der Waals surface area contributed by atoms with Crippen LogP contribution in [0.3, 0.4) is 0 Å². The third-order valence-electron chi connectivity index (χ3n) is 4.63. The lowest BCUT2D eigenvalue weighted by atomic mass is 10.1. The van der Waals surface area contributed by atoms with Crippen LogP contribution in [-0.4, -0.2) is 44.4 Å². The highest BCUT2D eigenvalue weighted by Gasteiger charge is 2.25. The van der Waals surface area contributed by atoms with Crippen molar-refractivity contribution in [3.05, 3.63) is 45.5 Å². The first kappa shape index (κ1) is 20.8. The molecular weight excluding hydrogens is 422 g/mol. The average Bonchev–Trinajstić information content (AvgIpc) is 2.81. The predicted molar refractivity (Wildman–Crippen MR) is 110 cm³/mol. The van der Waals surface area contributed by atoms with Crippen LogP contribution < -0.4 is 29.0 Å². The molecule has 2 heterocycles. The number of nitro benzene ring substituents is 1. The number of amides is 1. The van der Waals surface area contributed by atoms with E-state index in [-0.39, 0.29) is 41.7 Å². The van der Waals surface area contributed by atoms with Crippen LogP contribution in [0.1, 0.15) is 5.56 Å². The summed E-state index contributed by atoms with van der Waals surface area (Å²) in [6.07, 6.45) is 1.32. The standard InChI is InChI=1S/C21H17N3O8/c1-28-18-7-12(8-19-20(18)32-5-4-31-19)6-13(11-22)21(25)23-14-9-16-17(30-3-2-29-16)10-15(14)24(26)27/h6-10H,2-5H2,1H3,(H,23,25)/b13-6+. The number of carbonyl (C=O) groups excluding carboxylic acids is 1. The molecule has 0 radical (unpaired) electrons. The Morgan fingerprint density at radius 1 is 1.09 bits per heavy atom. The summed E-state index contributed by atoms with van der Waals surface area (Å²) in [5, 5.41) is 23.4. The van der Waals surface area contributed by atoms with E-state index in [1.54, 1.807) is 12.1 Å². The van der Waals surface area contributed by atoms with Crippen LogP contribution >= 0.6 is 0 Å². The number of fused-ring (bicyclic) bond motifs is 2. The lowest BCUT2D eigenvalue weighted by Crippen LogP contribution is -2.18. The lowest BCUT2D eigenvalue weighted by molar-refractivity contribution is -0.384. The largest absolute Gasteiger partial charge is 0.493 e. The molecule has 0 fully saturated rings. The number of nitrogens with zero attached hydrogens (tertiary/aromatic N) is 2. The normalized spacial score (nSPS) is 14.2. The van der Waals surface area contributed by atoms with Gasteiger partial charge in [0.25, 0.3) is 11.6 Å². The summed E-state index contributed by atoms with van der Waals surface area (Å²) in [6.45, 7) is 1.26. The van der Waals surface area contributed by atoms with Gasteiger partial charge in [0.1, 0.15) is 43.8 Å². The predicted octanol–water partition coefficient (Wildman–Crippen LogP) is 2.69. The van der Waals surface area contributed by atoms with Crippen LogP contribution in [-0.2, 0) is 4.79 Å². The number of ether oxygens (including phenoxy) is 5. The van der Waals surface area contributed by atoms with Gasteiger partial charge >= 0.3 is 0 Å². The number of methoxy groups -OCH3 is 1. The van der Waals surface area contributed by atoms with E-state index in [4.69, 9.17) is 23.7 Å². The number of benzene rings is 2. The van der Waals surface area contributed by atoms with Gasteiger partial charge in [-0.1, -0.05) is 0 Å². The second-order valence-electron chi connectivity index (χ2n) is 6.64. The number of nitrogens with one attached hydrogen (secondary N) is 1. The molecular formula is C21H17N3O8. The van der Waals surface area contributed by atoms with E-state index in [2.05, 4.69) is 5.32 Å². The minimum Gasteiger partial charge on any atom is -0.493 e. The van der Waals surface area contributed by atoms with E-state index >= 15 is 0 Å². The van der Waals surface area contributed by atoms with Gasteiger partial charge in [-0.2, -0.15) is 5.26 Å². The first-order chi connectivity index (χ1) is 15.5. The van der Waals surface area contributed by atoms with Crippen molar-refractivity contribution in [2.24, 2.45) is 0 Å². The van der Waals surface area contributed by atoms with E-state index in [9.17, 15) is 20.2 Å². The van der Waals surface area contributed by atoms with Crippen molar-refractivity contribution in [2.75, 3.05) is 38.9 Å². The Bertz CT molecular complexity index is 1150. The molecule has 164 valence electrons. The number of hydrogen-bond donors (Lipinski definition) is 1. The van der Waals surface area contributed by atoms with Crippen molar-refractivity contribution >= 4 is 23.4 Å². The molecule has 11 heteroatoms. The Balaban J connectivity index is 1.65. The van der Waals surface area contributed by atoms with E-state index in [1.165, 1.54) is 25.3 Å². The van der Waals surface area contributed by atoms with Crippen LogP contribution in [0, 0.1) is 21.4 Å². The lowest BCUT2D eigenvalue weighted by Gasteiger charge is -2.21. The fraction of sp³-hybridized carbons (Fsp3) is 0.238. The number of rotatable bonds is 5. The van der Waals surface area contributed by atoms with Crippen LogP contribution in [0.25, 0.3) is 6.08 Å². The monoisotopic (exact) mass is 439 g/mol. The molecule has 2 aromatic rings. The second kappa shape index (κ2) is 8.73. The first-order valence-corrected chi connectivity index (χ1v) is 9.49. The van der Waals surface area contributed by atoms with Gasteiger partial charge in [-0.05, 0) is 23.8 Å². The molecule has 2 aromatic carbocycles. The SMILES string of the molecule is COc1cc(/C=C(\C#N)C(=O)Nc2cc3c(cc2[N+](=O)[O-])OCCO3)cc2c1OCCO2. The van der Waals surface area contributed by atoms with E-state index in [0.717, 1.165) is 0 Å². The molecule has 2 aliphatic rings. The van der Waals surface area contributed by atoms with Crippen LogP contribution in [0.2, 0.25) is 0 Å². The second-order valence-corrected chi connectivity index (χ2v) is 6.64. The molecule has 32 heavy (non-hydrogen) atoms. The highest BCUT2D eigenvalue weighted by Crippen LogP contribution is 2.41. The van der Waals surface area contributed by atoms with E-state index in [1.807, 2.05) is 6.07 Å². The van der Waals surface area contributed by atoms with Crippen molar-refractivity contribution < 1.29 is 33.4 Å². The van der Waals surface area contributed by atoms with Crippen molar-refractivity contribution in [1.82, 2.24) is 0 Å². The van der Waals surface area contributed by atoms with Gasteiger partial charge in [0.2, 0.25) is 5.75 Å². The molecule has 11 nitrogen and oxygen atoms in total. The zero-order chi connectivity index (χ0) is 22.7. The van der Waals surface area contributed by atoms with Gasteiger partial charge in [0.15, 0.2) is 23.0 Å². The molecule has 2 aliphatic heterocycles. The molecule has 0 spiro atoms. The average molecular weight is 439 g/mol. The maximum absolute atomic E-state index is 12.8. The quantitative estimate of drug-likeness (QED) is 0.322. The van der Waals surface area contributed by atoms with Gasteiger partial charge in [0, 0.05) is 6.07 Å². The Kier molecular flexibility index (Phi) is 5.67. The highest BCUT2D eigenvalue weighted by atomic mass is 16.6. The minimum atomic E-state index is -0.832. The topological polar surface area (TPSA) is 142 Å². The Morgan fingerprint density at radius 2 is 1.75 bits per heavy atom. The summed E-state index contributed by atoms with van der Waals surface area (Å²) in [5.74, 6) is 0.874. The molecule has 0 saturated carbocycles. The van der Waals surface area contributed by atoms with Crippen LogP contribution in [0.4, 0.5) is 11.4 Å². The molecule has 0 aliphatic carbocycles. The molecule has 0 atom stereocenters. The molecule has 1 amide bonds. The summed E-state index contributed by atoms with van der Waals surface area (Å²) in [7, 11) is 1.46. The Hall–Kier alpha value is -4.46. The van der Waals surface area contributed by atoms with Crippen LogP contribution in [0.5, 0.6) is 28.7 Å². The molecule has 0 unspecified atom stereocenters. The fourth-order valence-corrected chi connectivity index (χ4v) is 3.21. The van der Waals surface area contributed by atoms with Crippen LogP contribution in [0.15, 0.2) is 29.8 Å². The zero-order valence-corrected chi connectivity index (χ0v) is 16.9. The number of nitro groups is 1. The minimum absolute atomic E-state index is 0.120. The zero-order valence-electron chi connectivity index (χ0n) is 16.9. The Labute approximate surface area is 181 Å². The maximum Gasteiger partial charge on any atom is 0.296 e. The maximum atomic E-state index is 12.8. The third kappa shape index (κ3) is 4.06. The summed E-state index contributed by atoms with van der Waals surface area (Å²) < 4.78 is 27.2. The van der Waals surface area contributed by atoms with Crippen molar-refractivity contribution in [1.29, 1.82) is 5.26 Å². The highest BCUT2D eigenvalue weighted by molar-refractivity contribution is 6.10. The Morgan fingerprint density at radius 3 is 2.41 bits per heavy atom. The number of nitriles is 1. The smallest absolute Gasteiger partial charge is 0.296 e. The third-order valence-corrected chi connectivity index (χ3v) is 4.63. The van der Waals surface area contributed by atoms with Crippen molar-refractivity contribution in [2.45, 2.75) is 0 Å². The molecule has 0 saturated heterocycles. The molecule has 0 bridgehead atoms. The van der Waals surface area contributed by atoms with E-state index < -0.39 is 10.8 Å². The summed E-state index contributed by atoms with van der Waals surface area (Å²) >= 11 is 0.